The van der Waals surface area contributed by atoms with Crippen LogP contribution < -0.4 is 10.6 Å². The van der Waals surface area contributed by atoms with Gasteiger partial charge in [0.05, 0.1) is 5.69 Å². The van der Waals surface area contributed by atoms with Crippen molar-refractivity contribution in [2.75, 3.05) is 5.32 Å². The minimum atomic E-state index is 0.565. The summed E-state index contributed by atoms with van der Waals surface area (Å²) in [5.41, 5.74) is 2.04. The number of halogens is 1. The Morgan fingerprint density at radius 1 is 1.00 bits per heavy atom. The number of benzene rings is 2. The minimum Gasteiger partial charge on any atom is -0.358 e. The zero-order valence-electron chi connectivity index (χ0n) is 13.3. The second-order valence-electron chi connectivity index (χ2n) is 5.21. The topological polar surface area (TPSA) is 37.0 Å². The zero-order chi connectivity index (χ0) is 17.5. The molecule has 3 rings (SSSR count). The summed E-state index contributed by atoms with van der Waals surface area (Å²) in [7, 11) is 0. The molecule has 0 amide bonds. The van der Waals surface area contributed by atoms with Gasteiger partial charge in [-0.1, -0.05) is 53.7 Å². The zero-order valence-corrected chi connectivity index (χ0v) is 15.7. The van der Waals surface area contributed by atoms with Crippen LogP contribution in [0.5, 0.6) is 0 Å². The van der Waals surface area contributed by atoms with Crippen LogP contribution in [0.1, 0.15) is 5.56 Å². The number of hydrogen-bond acceptors (Lipinski definition) is 3. The van der Waals surface area contributed by atoms with Crippen molar-refractivity contribution in [3.8, 4) is 0 Å². The van der Waals surface area contributed by atoms with E-state index in [9.17, 15) is 0 Å². The van der Waals surface area contributed by atoms with Crippen LogP contribution in [-0.4, -0.2) is 10.1 Å². The predicted octanol–water partition coefficient (Wildman–Crippen LogP) is 5.37. The number of aromatic nitrogens is 1. The fraction of sp³-hybridized carbons (Fsp3) is 0.0526. The van der Waals surface area contributed by atoms with E-state index in [1.54, 1.807) is 18.0 Å². The summed E-state index contributed by atoms with van der Waals surface area (Å²) in [5, 5.41) is 8.57. The maximum atomic E-state index is 5.94. The molecule has 2 N–H and O–H groups in total. The highest BCUT2D eigenvalue weighted by molar-refractivity contribution is 7.99. The van der Waals surface area contributed by atoms with Crippen LogP contribution in [0, 0.1) is 0 Å². The van der Waals surface area contributed by atoms with Crippen LogP contribution in [-0.2, 0) is 6.54 Å². The molecule has 3 nitrogen and oxygen atoms in total. The van der Waals surface area contributed by atoms with E-state index in [1.807, 2.05) is 54.6 Å². The molecule has 0 saturated heterocycles. The Kier molecular flexibility index (Phi) is 6.28. The third-order valence-electron chi connectivity index (χ3n) is 3.34. The van der Waals surface area contributed by atoms with Gasteiger partial charge in [-0.15, -0.1) is 0 Å². The molecule has 0 aliphatic carbocycles. The van der Waals surface area contributed by atoms with E-state index in [1.165, 1.54) is 5.56 Å². The fourth-order valence-corrected chi connectivity index (χ4v) is 3.27. The van der Waals surface area contributed by atoms with E-state index >= 15 is 0 Å². The van der Waals surface area contributed by atoms with Crippen LogP contribution in [0.2, 0.25) is 5.02 Å². The lowest BCUT2D eigenvalue weighted by Gasteiger charge is -2.13. The number of thiocarbonyl (C=S) groups is 1. The molecule has 2 aromatic carbocycles. The number of pyridine rings is 1. The highest BCUT2D eigenvalue weighted by Crippen LogP contribution is 2.32. The number of anilines is 1. The second kappa shape index (κ2) is 8.85. The molecule has 1 aromatic heterocycles. The quantitative estimate of drug-likeness (QED) is 0.577. The monoisotopic (exact) mass is 385 g/mol. The standard InChI is InChI=1S/C19H16ClN3S2/c20-15-8-10-16(11-9-15)25-18-17(7-4-12-21-18)23-19(24)22-13-14-5-2-1-3-6-14/h1-12H,13H2,(H2,22,23,24). The number of rotatable bonds is 5. The molecule has 0 aliphatic rings. The molecule has 25 heavy (non-hydrogen) atoms. The van der Waals surface area contributed by atoms with Crippen LogP contribution in [0.3, 0.4) is 0 Å². The molecule has 0 bridgehead atoms. The van der Waals surface area contributed by atoms with Crippen molar-refractivity contribution in [1.29, 1.82) is 0 Å². The molecular formula is C19H16ClN3S2. The van der Waals surface area contributed by atoms with Crippen molar-refractivity contribution in [3.05, 3.63) is 83.5 Å². The van der Waals surface area contributed by atoms with Crippen LogP contribution >= 0.6 is 35.6 Å². The Bertz CT molecular complexity index is 839. The smallest absolute Gasteiger partial charge is 0.171 e. The van der Waals surface area contributed by atoms with Gasteiger partial charge in [0.1, 0.15) is 5.03 Å². The van der Waals surface area contributed by atoms with Gasteiger partial charge in [0.15, 0.2) is 5.11 Å². The highest BCUT2D eigenvalue weighted by atomic mass is 35.5. The summed E-state index contributed by atoms with van der Waals surface area (Å²) < 4.78 is 0. The lowest BCUT2D eigenvalue weighted by molar-refractivity contribution is 0.924. The van der Waals surface area contributed by atoms with Gasteiger partial charge in [-0.25, -0.2) is 4.98 Å². The molecule has 1 heterocycles. The fourth-order valence-electron chi connectivity index (χ4n) is 2.13. The molecule has 0 unspecified atom stereocenters. The first-order chi connectivity index (χ1) is 12.2. The molecule has 0 saturated carbocycles. The maximum Gasteiger partial charge on any atom is 0.171 e. The molecule has 0 aliphatic heterocycles. The number of nitrogens with zero attached hydrogens (tertiary/aromatic N) is 1. The van der Waals surface area contributed by atoms with Gasteiger partial charge in [0.25, 0.3) is 0 Å². The van der Waals surface area contributed by atoms with Gasteiger partial charge in [0, 0.05) is 22.7 Å². The first-order valence-electron chi connectivity index (χ1n) is 7.68. The summed E-state index contributed by atoms with van der Waals surface area (Å²) in [5.74, 6) is 0. The van der Waals surface area contributed by atoms with E-state index in [2.05, 4.69) is 27.8 Å². The van der Waals surface area contributed by atoms with Crippen molar-refractivity contribution in [2.24, 2.45) is 0 Å². The van der Waals surface area contributed by atoms with Crippen molar-refractivity contribution >= 4 is 46.4 Å². The summed E-state index contributed by atoms with van der Waals surface area (Å²) in [6.45, 7) is 0.673. The molecule has 6 heteroatoms. The SMILES string of the molecule is S=C(NCc1ccccc1)Nc1cccnc1Sc1ccc(Cl)cc1. The van der Waals surface area contributed by atoms with Gasteiger partial charge >= 0.3 is 0 Å². The summed E-state index contributed by atoms with van der Waals surface area (Å²) in [6.07, 6.45) is 1.77. The predicted molar refractivity (Wildman–Crippen MR) is 109 cm³/mol. The average molecular weight is 386 g/mol. The first-order valence-corrected chi connectivity index (χ1v) is 9.28. The molecule has 3 aromatic rings. The van der Waals surface area contributed by atoms with Gasteiger partial charge < -0.3 is 10.6 Å². The molecule has 0 spiro atoms. The normalized spacial score (nSPS) is 10.3. The van der Waals surface area contributed by atoms with E-state index in [0.717, 1.165) is 20.6 Å². The third-order valence-corrected chi connectivity index (χ3v) is 4.87. The van der Waals surface area contributed by atoms with Crippen molar-refractivity contribution < 1.29 is 0 Å². The molecule has 126 valence electrons. The van der Waals surface area contributed by atoms with Crippen LogP contribution in [0.25, 0.3) is 0 Å². The van der Waals surface area contributed by atoms with E-state index in [-0.39, 0.29) is 0 Å². The van der Waals surface area contributed by atoms with Crippen LogP contribution in [0.15, 0.2) is 82.8 Å². The summed E-state index contributed by atoms with van der Waals surface area (Å²) >= 11 is 12.9. The maximum absolute atomic E-state index is 5.94. The van der Waals surface area contributed by atoms with E-state index in [4.69, 9.17) is 23.8 Å². The molecule has 0 atom stereocenters. The van der Waals surface area contributed by atoms with Gasteiger partial charge in [-0.2, -0.15) is 0 Å². The van der Waals surface area contributed by atoms with Gasteiger partial charge in [0.2, 0.25) is 0 Å². The summed E-state index contributed by atoms with van der Waals surface area (Å²) in [4.78, 5) is 5.51. The second-order valence-corrected chi connectivity index (χ2v) is 7.11. The van der Waals surface area contributed by atoms with E-state index < -0.39 is 0 Å². The minimum absolute atomic E-state index is 0.565. The van der Waals surface area contributed by atoms with E-state index in [0.29, 0.717) is 11.7 Å². The van der Waals surface area contributed by atoms with Gasteiger partial charge in [-0.05, 0) is 54.2 Å². The van der Waals surface area contributed by atoms with Crippen molar-refractivity contribution in [2.45, 2.75) is 16.5 Å². The number of nitrogens with one attached hydrogen (secondary N) is 2. The number of hydrogen-bond donors (Lipinski definition) is 2. The molecule has 0 fully saturated rings. The molecular weight excluding hydrogens is 370 g/mol. The van der Waals surface area contributed by atoms with Crippen molar-refractivity contribution in [1.82, 2.24) is 10.3 Å². The lowest BCUT2D eigenvalue weighted by atomic mass is 10.2. The Labute approximate surface area is 161 Å². The first kappa shape index (κ1) is 17.7. The highest BCUT2D eigenvalue weighted by Gasteiger charge is 2.07. The lowest BCUT2D eigenvalue weighted by Crippen LogP contribution is -2.28. The Hall–Kier alpha value is -2.08. The van der Waals surface area contributed by atoms with Crippen LogP contribution in [0.4, 0.5) is 5.69 Å². The Balaban J connectivity index is 1.64. The van der Waals surface area contributed by atoms with Gasteiger partial charge in [-0.3, -0.25) is 0 Å². The molecule has 0 radical (unpaired) electrons. The Morgan fingerprint density at radius 3 is 2.52 bits per heavy atom. The summed E-state index contributed by atoms with van der Waals surface area (Å²) in [6, 6.07) is 21.6. The largest absolute Gasteiger partial charge is 0.358 e. The Morgan fingerprint density at radius 2 is 1.76 bits per heavy atom. The van der Waals surface area contributed by atoms with Crippen molar-refractivity contribution in [3.63, 3.8) is 0 Å². The third kappa shape index (κ3) is 5.46. The average Bonchev–Trinajstić information content (AvgIpc) is 2.64.